The molecule has 3 aromatic rings. The number of carbonyl (C=O) groups excluding carboxylic acids is 1. The van der Waals surface area contributed by atoms with E-state index in [9.17, 15) is 9.90 Å². The van der Waals surface area contributed by atoms with Crippen LogP contribution in [0.15, 0.2) is 60.7 Å². The number of amides is 1. The summed E-state index contributed by atoms with van der Waals surface area (Å²) >= 11 is 6.19. The van der Waals surface area contributed by atoms with Gasteiger partial charge in [0, 0.05) is 30.5 Å². The molecule has 1 unspecified atom stereocenters. The fourth-order valence-corrected chi connectivity index (χ4v) is 4.63. The van der Waals surface area contributed by atoms with E-state index < -0.39 is 5.60 Å². The van der Waals surface area contributed by atoms with Crippen LogP contribution in [0.5, 0.6) is 11.5 Å². The first kappa shape index (κ1) is 23.5. The summed E-state index contributed by atoms with van der Waals surface area (Å²) in [5.41, 5.74) is 3.91. The first-order valence-corrected chi connectivity index (χ1v) is 12.1. The maximum absolute atomic E-state index is 13.6. The second-order valence-electron chi connectivity index (χ2n) is 9.52. The molecule has 1 fully saturated rings. The highest BCUT2D eigenvalue weighted by molar-refractivity contribution is 6.30. The van der Waals surface area contributed by atoms with Gasteiger partial charge in [0.05, 0.1) is 25.2 Å². The van der Waals surface area contributed by atoms with Gasteiger partial charge >= 0.3 is 0 Å². The zero-order valence-electron chi connectivity index (χ0n) is 20.1. The zero-order chi connectivity index (χ0) is 24.7. The van der Waals surface area contributed by atoms with E-state index in [1.165, 1.54) is 0 Å². The molecule has 0 bridgehead atoms. The minimum atomic E-state index is -0.757. The van der Waals surface area contributed by atoms with Crippen LogP contribution in [0.2, 0.25) is 5.02 Å². The highest BCUT2D eigenvalue weighted by Crippen LogP contribution is 2.44. The molecule has 1 heterocycles. The first-order valence-electron chi connectivity index (χ1n) is 11.7. The van der Waals surface area contributed by atoms with Crippen molar-refractivity contribution < 1.29 is 19.4 Å². The molecule has 0 aromatic heterocycles. The average molecular weight is 493 g/mol. The molecule has 7 heteroatoms. The summed E-state index contributed by atoms with van der Waals surface area (Å²) in [6.07, 6.45) is 1.72. The molecule has 6 nitrogen and oxygen atoms in total. The molecule has 5 rings (SSSR count). The van der Waals surface area contributed by atoms with Gasteiger partial charge in [0.2, 0.25) is 5.91 Å². The van der Waals surface area contributed by atoms with Crippen LogP contribution in [0, 0.1) is 0 Å². The maximum Gasteiger partial charge on any atom is 0.232 e. The molecule has 0 radical (unpaired) electrons. The van der Waals surface area contributed by atoms with Gasteiger partial charge in [-0.05, 0) is 78.1 Å². The van der Waals surface area contributed by atoms with E-state index in [0.29, 0.717) is 16.5 Å². The molecular weight excluding hydrogens is 464 g/mol. The second kappa shape index (κ2) is 9.10. The van der Waals surface area contributed by atoms with Crippen molar-refractivity contribution in [1.29, 1.82) is 0 Å². The van der Waals surface area contributed by atoms with Gasteiger partial charge < -0.3 is 24.4 Å². The van der Waals surface area contributed by atoms with Gasteiger partial charge in [-0.2, -0.15) is 0 Å². The molecule has 0 saturated heterocycles. The lowest BCUT2D eigenvalue weighted by Crippen LogP contribution is -2.41. The summed E-state index contributed by atoms with van der Waals surface area (Å²) < 4.78 is 11.6. The van der Waals surface area contributed by atoms with E-state index >= 15 is 0 Å². The SMILES string of the molecule is COc1cc2c(cc1OCC1(O)CC1)C(c1ccc(Cl)cc1)N(c1ccc(N(C)C)cc1)C(=O)C2. The van der Waals surface area contributed by atoms with E-state index in [-0.39, 0.29) is 25.0 Å². The molecule has 1 aliphatic carbocycles. The third kappa shape index (κ3) is 4.68. The van der Waals surface area contributed by atoms with Crippen molar-refractivity contribution in [2.45, 2.75) is 30.9 Å². The number of hydrogen-bond donors (Lipinski definition) is 1. The summed E-state index contributed by atoms with van der Waals surface area (Å²) in [6, 6.07) is 19.0. The van der Waals surface area contributed by atoms with E-state index in [2.05, 4.69) is 0 Å². The van der Waals surface area contributed by atoms with Gasteiger partial charge in [-0.15, -0.1) is 0 Å². The van der Waals surface area contributed by atoms with Gasteiger partial charge in [0.1, 0.15) is 6.61 Å². The van der Waals surface area contributed by atoms with Gasteiger partial charge in [-0.1, -0.05) is 23.7 Å². The largest absolute Gasteiger partial charge is 0.493 e. The van der Waals surface area contributed by atoms with Crippen molar-refractivity contribution in [2.24, 2.45) is 0 Å². The lowest BCUT2D eigenvalue weighted by atomic mass is 9.86. The number of benzene rings is 3. The van der Waals surface area contributed by atoms with Crippen LogP contribution in [-0.2, 0) is 11.2 Å². The summed E-state index contributed by atoms with van der Waals surface area (Å²) in [6.45, 7) is 0.211. The fourth-order valence-electron chi connectivity index (χ4n) is 4.51. The summed E-state index contributed by atoms with van der Waals surface area (Å²) in [4.78, 5) is 17.4. The number of halogens is 1. The van der Waals surface area contributed by atoms with Crippen LogP contribution < -0.4 is 19.3 Å². The topological polar surface area (TPSA) is 62.2 Å². The third-order valence-corrected chi connectivity index (χ3v) is 6.99. The molecule has 0 spiro atoms. The minimum Gasteiger partial charge on any atom is -0.493 e. The van der Waals surface area contributed by atoms with Crippen molar-refractivity contribution in [2.75, 3.05) is 37.6 Å². The number of anilines is 2. The smallest absolute Gasteiger partial charge is 0.232 e. The van der Waals surface area contributed by atoms with Crippen LogP contribution in [-0.4, -0.2) is 44.4 Å². The number of aliphatic hydroxyl groups is 1. The van der Waals surface area contributed by atoms with Crippen LogP contribution in [0.25, 0.3) is 0 Å². The molecule has 1 N–H and O–H groups in total. The Bertz CT molecular complexity index is 1240. The Balaban J connectivity index is 1.62. The van der Waals surface area contributed by atoms with Crippen LogP contribution in [0.3, 0.4) is 0 Å². The Morgan fingerprint density at radius 3 is 2.34 bits per heavy atom. The van der Waals surface area contributed by atoms with Crippen molar-refractivity contribution in [1.82, 2.24) is 0 Å². The molecule has 3 aromatic carbocycles. The number of nitrogens with zero attached hydrogens (tertiary/aromatic N) is 2. The van der Waals surface area contributed by atoms with E-state index in [1.54, 1.807) is 7.11 Å². The van der Waals surface area contributed by atoms with Crippen LogP contribution in [0.1, 0.15) is 35.6 Å². The fraction of sp³-hybridized carbons (Fsp3) is 0.321. The molecule has 2 aliphatic rings. The summed E-state index contributed by atoms with van der Waals surface area (Å²) in [5.74, 6) is 1.11. The Kier molecular flexibility index (Phi) is 6.11. The standard InChI is InChI=1S/C28H29ClN2O4/c1-30(2)21-8-10-22(11-9-21)31-26(32)15-19-14-24(34-3)25(35-17-28(33)12-13-28)16-23(19)27(31)18-4-6-20(29)7-5-18/h4-11,14,16,27,33H,12-13,15,17H2,1-3H3. The van der Waals surface area contributed by atoms with Crippen molar-refractivity contribution in [3.8, 4) is 11.5 Å². The molecule has 182 valence electrons. The normalized spacial score (nSPS) is 18.1. The van der Waals surface area contributed by atoms with E-state index in [1.807, 2.05) is 84.6 Å². The molecule has 1 saturated carbocycles. The van der Waals surface area contributed by atoms with Gasteiger partial charge in [-0.25, -0.2) is 0 Å². The summed E-state index contributed by atoms with van der Waals surface area (Å²) in [5, 5.41) is 10.9. The predicted molar refractivity (Wildman–Crippen MR) is 138 cm³/mol. The van der Waals surface area contributed by atoms with E-state index in [0.717, 1.165) is 40.9 Å². The Labute approximate surface area is 210 Å². The van der Waals surface area contributed by atoms with Gasteiger partial charge in [-0.3, -0.25) is 4.79 Å². The number of hydrogen-bond acceptors (Lipinski definition) is 5. The Morgan fingerprint density at radius 2 is 1.74 bits per heavy atom. The van der Waals surface area contributed by atoms with Crippen molar-refractivity contribution in [3.63, 3.8) is 0 Å². The molecule has 1 aliphatic heterocycles. The lowest BCUT2D eigenvalue weighted by Gasteiger charge is -2.38. The number of fused-ring (bicyclic) bond motifs is 1. The molecule has 35 heavy (non-hydrogen) atoms. The monoisotopic (exact) mass is 492 g/mol. The number of carbonyl (C=O) groups is 1. The van der Waals surface area contributed by atoms with Crippen molar-refractivity contribution >= 4 is 28.9 Å². The molecule has 1 atom stereocenters. The Hall–Kier alpha value is -3.22. The summed E-state index contributed by atoms with van der Waals surface area (Å²) in [7, 11) is 5.56. The molecule has 1 amide bonds. The van der Waals surface area contributed by atoms with Gasteiger partial charge in [0.25, 0.3) is 0 Å². The minimum absolute atomic E-state index is 0.00179. The average Bonchev–Trinajstić information content (AvgIpc) is 3.59. The third-order valence-electron chi connectivity index (χ3n) is 6.74. The highest BCUT2D eigenvalue weighted by atomic mass is 35.5. The zero-order valence-corrected chi connectivity index (χ0v) is 20.9. The van der Waals surface area contributed by atoms with Gasteiger partial charge in [0.15, 0.2) is 11.5 Å². The van der Waals surface area contributed by atoms with Crippen molar-refractivity contribution in [3.05, 3.63) is 82.4 Å². The molecular formula is C28H29ClN2O4. The lowest BCUT2D eigenvalue weighted by molar-refractivity contribution is -0.118. The second-order valence-corrected chi connectivity index (χ2v) is 9.96. The van der Waals surface area contributed by atoms with E-state index in [4.69, 9.17) is 21.1 Å². The predicted octanol–water partition coefficient (Wildman–Crippen LogP) is 5.00. The maximum atomic E-state index is 13.6. The quantitative estimate of drug-likeness (QED) is 0.503. The van der Waals surface area contributed by atoms with Crippen LogP contribution in [0.4, 0.5) is 11.4 Å². The number of rotatable bonds is 7. The Morgan fingerprint density at radius 1 is 1.06 bits per heavy atom. The number of ether oxygens (including phenoxy) is 2. The number of methoxy groups -OCH3 is 1. The highest BCUT2D eigenvalue weighted by Gasteiger charge is 2.42. The first-order chi connectivity index (χ1) is 16.8. The van der Waals surface area contributed by atoms with Crippen LogP contribution >= 0.6 is 11.6 Å².